The third kappa shape index (κ3) is 2.82. The molecule has 3 rings (SSSR count). The third-order valence-corrected chi connectivity index (χ3v) is 5.24. The van der Waals surface area contributed by atoms with Crippen LogP contribution in [0.3, 0.4) is 0 Å². The van der Waals surface area contributed by atoms with Crippen LogP contribution in [-0.4, -0.2) is 19.8 Å². The summed E-state index contributed by atoms with van der Waals surface area (Å²) in [5.41, 5.74) is 1.80. The van der Waals surface area contributed by atoms with Crippen molar-refractivity contribution in [3.8, 4) is 11.5 Å². The lowest BCUT2D eigenvalue weighted by Crippen LogP contribution is -2.39. The van der Waals surface area contributed by atoms with Gasteiger partial charge in [-0.2, -0.15) is 0 Å². The van der Waals surface area contributed by atoms with Crippen molar-refractivity contribution in [1.82, 2.24) is 5.32 Å². The predicted octanol–water partition coefficient (Wildman–Crippen LogP) is 3.89. The molecule has 0 spiro atoms. The highest BCUT2D eigenvalue weighted by atomic mass is 79.9. The molecule has 0 saturated heterocycles. The molecule has 1 aromatic rings. The molecule has 1 aliphatic carbocycles. The van der Waals surface area contributed by atoms with Gasteiger partial charge in [0, 0.05) is 13.1 Å². The van der Waals surface area contributed by atoms with Crippen LogP contribution in [0.15, 0.2) is 16.6 Å². The van der Waals surface area contributed by atoms with Crippen LogP contribution in [0.4, 0.5) is 0 Å². The summed E-state index contributed by atoms with van der Waals surface area (Å²) in [7, 11) is 0. The lowest BCUT2D eigenvalue weighted by atomic mass is 9.67. The molecule has 110 valence electrons. The molecule has 1 aliphatic heterocycles. The summed E-state index contributed by atoms with van der Waals surface area (Å²) >= 11 is 3.57. The lowest BCUT2D eigenvalue weighted by Gasteiger charge is -2.41. The Balaban J connectivity index is 1.61. The highest BCUT2D eigenvalue weighted by Gasteiger charge is 2.34. The Hall–Kier alpha value is -0.740. The standard InChI is InChI=1S/C16H22BrNO2/c1-2-16(4-3-5-16)11-18-10-12-8-13(17)15-14(9-12)19-6-7-20-15/h8-9,18H,2-7,10-11H2,1H3. The molecule has 20 heavy (non-hydrogen) atoms. The van der Waals surface area contributed by atoms with Crippen molar-refractivity contribution in [3.63, 3.8) is 0 Å². The highest BCUT2D eigenvalue weighted by molar-refractivity contribution is 9.10. The van der Waals surface area contributed by atoms with Crippen molar-refractivity contribution in [2.24, 2.45) is 5.41 Å². The molecular formula is C16H22BrNO2. The number of halogens is 1. The van der Waals surface area contributed by atoms with Gasteiger partial charge in [-0.25, -0.2) is 0 Å². The monoisotopic (exact) mass is 339 g/mol. The van der Waals surface area contributed by atoms with Crippen molar-refractivity contribution in [3.05, 3.63) is 22.2 Å². The maximum atomic E-state index is 5.66. The minimum absolute atomic E-state index is 0.561. The highest BCUT2D eigenvalue weighted by Crippen LogP contribution is 2.43. The second kappa shape index (κ2) is 5.94. The number of benzene rings is 1. The molecule has 1 heterocycles. The maximum absolute atomic E-state index is 5.66. The number of fused-ring (bicyclic) bond motifs is 1. The van der Waals surface area contributed by atoms with E-state index in [0.29, 0.717) is 18.6 Å². The molecule has 0 unspecified atom stereocenters. The molecule has 2 aliphatic rings. The van der Waals surface area contributed by atoms with Gasteiger partial charge in [-0.1, -0.05) is 13.3 Å². The van der Waals surface area contributed by atoms with E-state index in [9.17, 15) is 0 Å². The van der Waals surface area contributed by atoms with E-state index in [1.807, 2.05) is 0 Å². The zero-order chi connectivity index (χ0) is 14.0. The van der Waals surface area contributed by atoms with Crippen LogP contribution in [0.1, 0.15) is 38.2 Å². The van der Waals surface area contributed by atoms with Crippen molar-refractivity contribution < 1.29 is 9.47 Å². The van der Waals surface area contributed by atoms with Gasteiger partial charge >= 0.3 is 0 Å². The van der Waals surface area contributed by atoms with Crippen LogP contribution in [0.2, 0.25) is 0 Å². The van der Waals surface area contributed by atoms with Gasteiger partial charge in [0.25, 0.3) is 0 Å². The van der Waals surface area contributed by atoms with Crippen molar-refractivity contribution >= 4 is 15.9 Å². The molecule has 1 saturated carbocycles. The molecular weight excluding hydrogens is 318 g/mol. The van der Waals surface area contributed by atoms with Crippen molar-refractivity contribution in [1.29, 1.82) is 0 Å². The van der Waals surface area contributed by atoms with E-state index in [2.05, 4.69) is 40.3 Å². The number of nitrogens with one attached hydrogen (secondary N) is 1. The normalized spacial score (nSPS) is 19.5. The zero-order valence-electron chi connectivity index (χ0n) is 12.0. The molecule has 0 atom stereocenters. The third-order valence-electron chi connectivity index (χ3n) is 4.65. The minimum Gasteiger partial charge on any atom is -0.486 e. The summed E-state index contributed by atoms with van der Waals surface area (Å²) in [6.07, 6.45) is 5.43. The average molecular weight is 340 g/mol. The molecule has 1 N–H and O–H groups in total. The van der Waals surface area contributed by atoms with Crippen molar-refractivity contribution in [2.45, 2.75) is 39.2 Å². The first-order valence-electron chi connectivity index (χ1n) is 7.51. The second-order valence-corrected chi connectivity index (χ2v) is 6.77. The van der Waals surface area contributed by atoms with E-state index in [0.717, 1.165) is 29.1 Å². The molecule has 1 aromatic carbocycles. The first-order chi connectivity index (χ1) is 9.72. The van der Waals surface area contributed by atoms with Crippen LogP contribution in [0.25, 0.3) is 0 Å². The van der Waals surface area contributed by atoms with Gasteiger partial charge in [0.2, 0.25) is 0 Å². The van der Waals surface area contributed by atoms with Gasteiger partial charge in [0.15, 0.2) is 11.5 Å². The summed E-state index contributed by atoms with van der Waals surface area (Å²) in [5.74, 6) is 1.69. The van der Waals surface area contributed by atoms with E-state index in [1.165, 1.54) is 31.2 Å². The van der Waals surface area contributed by atoms with Gasteiger partial charge in [-0.05, 0) is 58.3 Å². The fourth-order valence-corrected chi connectivity index (χ4v) is 3.67. The van der Waals surface area contributed by atoms with Crippen LogP contribution in [0, 0.1) is 5.41 Å². The quantitative estimate of drug-likeness (QED) is 0.882. The van der Waals surface area contributed by atoms with Crippen LogP contribution >= 0.6 is 15.9 Å². The Kier molecular flexibility index (Phi) is 4.22. The first kappa shape index (κ1) is 14.2. The first-order valence-corrected chi connectivity index (χ1v) is 8.30. The zero-order valence-corrected chi connectivity index (χ0v) is 13.6. The number of hydrogen-bond donors (Lipinski definition) is 1. The summed E-state index contributed by atoms with van der Waals surface area (Å²) < 4.78 is 12.3. The SMILES string of the molecule is CCC1(CNCc2cc(Br)c3c(c2)OCCO3)CCC1. The van der Waals surface area contributed by atoms with Gasteiger partial charge in [0.05, 0.1) is 4.47 Å². The second-order valence-electron chi connectivity index (χ2n) is 5.91. The summed E-state index contributed by atoms with van der Waals surface area (Å²) in [6.45, 7) is 5.57. The molecule has 0 aromatic heterocycles. The molecule has 0 bridgehead atoms. The average Bonchev–Trinajstić information content (AvgIpc) is 2.42. The van der Waals surface area contributed by atoms with Crippen LogP contribution in [-0.2, 0) is 6.54 Å². The van der Waals surface area contributed by atoms with Gasteiger partial charge < -0.3 is 14.8 Å². The number of ether oxygens (including phenoxy) is 2. The van der Waals surface area contributed by atoms with Crippen molar-refractivity contribution in [2.75, 3.05) is 19.8 Å². The number of rotatable bonds is 5. The topological polar surface area (TPSA) is 30.5 Å². The minimum atomic E-state index is 0.561. The molecule has 0 amide bonds. The Morgan fingerprint density at radius 1 is 1.25 bits per heavy atom. The van der Waals surface area contributed by atoms with E-state index in [-0.39, 0.29) is 0 Å². The van der Waals surface area contributed by atoms with Gasteiger partial charge in [-0.15, -0.1) is 0 Å². The fraction of sp³-hybridized carbons (Fsp3) is 0.625. The van der Waals surface area contributed by atoms with Gasteiger partial charge in [0.1, 0.15) is 13.2 Å². The molecule has 0 radical (unpaired) electrons. The Morgan fingerprint density at radius 2 is 2.05 bits per heavy atom. The Labute approximate surface area is 129 Å². The number of hydrogen-bond acceptors (Lipinski definition) is 3. The summed E-state index contributed by atoms with van der Waals surface area (Å²) in [6, 6.07) is 4.21. The van der Waals surface area contributed by atoms with Crippen LogP contribution in [0.5, 0.6) is 11.5 Å². The predicted molar refractivity (Wildman–Crippen MR) is 83.4 cm³/mol. The Bertz CT molecular complexity index is 480. The lowest BCUT2D eigenvalue weighted by molar-refractivity contribution is 0.123. The van der Waals surface area contributed by atoms with E-state index < -0.39 is 0 Å². The van der Waals surface area contributed by atoms with E-state index in [4.69, 9.17) is 9.47 Å². The molecule has 3 nitrogen and oxygen atoms in total. The maximum Gasteiger partial charge on any atom is 0.175 e. The van der Waals surface area contributed by atoms with Gasteiger partial charge in [-0.3, -0.25) is 0 Å². The fourth-order valence-electron chi connectivity index (χ4n) is 3.07. The van der Waals surface area contributed by atoms with E-state index >= 15 is 0 Å². The Morgan fingerprint density at radius 3 is 2.75 bits per heavy atom. The summed E-state index contributed by atoms with van der Waals surface area (Å²) in [4.78, 5) is 0. The molecule has 1 fully saturated rings. The van der Waals surface area contributed by atoms with E-state index in [1.54, 1.807) is 0 Å². The smallest absolute Gasteiger partial charge is 0.175 e. The largest absolute Gasteiger partial charge is 0.486 e. The summed E-state index contributed by atoms with van der Waals surface area (Å²) in [5, 5.41) is 3.61. The van der Waals surface area contributed by atoms with Crippen LogP contribution < -0.4 is 14.8 Å². The molecule has 4 heteroatoms.